The van der Waals surface area contributed by atoms with Gasteiger partial charge in [-0.05, 0) is 60.5 Å². The Morgan fingerprint density at radius 2 is 1.96 bits per heavy atom. The maximum atomic E-state index is 13.1. The third-order valence-corrected chi connectivity index (χ3v) is 5.79. The summed E-state index contributed by atoms with van der Waals surface area (Å²) >= 11 is 1.75. The summed E-state index contributed by atoms with van der Waals surface area (Å²) in [5.74, 6) is 0.484. The van der Waals surface area contributed by atoms with Gasteiger partial charge >= 0.3 is 0 Å². The number of carbonyl (C=O) groups excluding carboxylic acids is 2. The highest BCUT2D eigenvalue weighted by molar-refractivity contribution is 7.10. The fourth-order valence-corrected chi connectivity index (χ4v) is 4.13. The number of fused-ring (bicyclic) bond motifs is 1. The quantitative estimate of drug-likeness (QED) is 0.827. The Labute approximate surface area is 164 Å². The molecule has 1 aliphatic rings. The maximum absolute atomic E-state index is 13.1. The number of thiophene rings is 1. The van der Waals surface area contributed by atoms with Crippen LogP contribution in [0.2, 0.25) is 0 Å². The van der Waals surface area contributed by atoms with E-state index in [1.807, 2.05) is 25.7 Å². The predicted molar refractivity (Wildman–Crippen MR) is 107 cm³/mol. The molecule has 0 bridgehead atoms. The molecule has 0 saturated heterocycles. The van der Waals surface area contributed by atoms with E-state index in [4.69, 9.17) is 4.74 Å². The van der Waals surface area contributed by atoms with Crippen molar-refractivity contribution >= 4 is 23.2 Å². The zero-order chi connectivity index (χ0) is 19.4. The lowest BCUT2D eigenvalue weighted by molar-refractivity contribution is -0.135. The van der Waals surface area contributed by atoms with Gasteiger partial charge in [-0.2, -0.15) is 0 Å². The zero-order valence-corrected chi connectivity index (χ0v) is 16.8. The lowest BCUT2D eigenvalue weighted by Gasteiger charge is -2.32. The first kappa shape index (κ1) is 19.4. The molecule has 2 amide bonds. The standard InChI is InChI=1S/C21H26N2O3S/c1-4-26-17-7-5-15(6-8-17)20(24)22-19(14(2)3)21(25)23-11-9-18-16(13-23)10-12-27-18/h5-8,10,12,14,19H,4,9,11,13H2,1-3H3,(H,22,24). The van der Waals surface area contributed by atoms with Crippen molar-refractivity contribution in [3.05, 3.63) is 51.7 Å². The smallest absolute Gasteiger partial charge is 0.251 e. The average molecular weight is 387 g/mol. The normalized spacial score (nSPS) is 14.6. The van der Waals surface area contributed by atoms with Crippen molar-refractivity contribution < 1.29 is 14.3 Å². The fourth-order valence-electron chi connectivity index (χ4n) is 3.24. The van der Waals surface area contributed by atoms with Gasteiger partial charge in [-0.25, -0.2) is 0 Å². The van der Waals surface area contributed by atoms with Gasteiger partial charge in [-0.3, -0.25) is 9.59 Å². The molecule has 27 heavy (non-hydrogen) atoms. The van der Waals surface area contributed by atoms with E-state index in [9.17, 15) is 9.59 Å². The first-order chi connectivity index (χ1) is 13.0. The van der Waals surface area contributed by atoms with Gasteiger partial charge < -0.3 is 15.0 Å². The summed E-state index contributed by atoms with van der Waals surface area (Å²) in [5.41, 5.74) is 1.75. The summed E-state index contributed by atoms with van der Waals surface area (Å²) in [5, 5.41) is 5.01. The number of amides is 2. The van der Waals surface area contributed by atoms with Crippen molar-refractivity contribution in [3.8, 4) is 5.75 Å². The van der Waals surface area contributed by atoms with Crippen molar-refractivity contribution in [2.24, 2.45) is 5.92 Å². The summed E-state index contributed by atoms with van der Waals surface area (Å²) in [6, 6.07) is 8.54. The molecule has 0 aliphatic carbocycles. The minimum atomic E-state index is -0.538. The van der Waals surface area contributed by atoms with Gasteiger partial charge in [0.1, 0.15) is 11.8 Å². The molecule has 0 saturated carbocycles. The first-order valence-corrected chi connectivity index (χ1v) is 10.2. The molecule has 5 nitrogen and oxygen atoms in total. The number of rotatable bonds is 6. The van der Waals surface area contributed by atoms with E-state index < -0.39 is 6.04 Å². The van der Waals surface area contributed by atoms with Crippen molar-refractivity contribution in [1.82, 2.24) is 10.2 Å². The second kappa shape index (κ2) is 8.57. The Kier molecular flexibility index (Phi) is 6.16. The molecule has 144 valence electrons. The molecule has 1 aromatic heterocycles. The highest BCUT2D eigenvalue weighted by Crippen LogP contribution is 2.25. The van der Waals surface area contributed by atoms with E-state index in [-0.39, 0.29) is 17.7 Å². The van der Waals surface area contributed by atoms with Crippen LogP contribution >= 0.6 is 11.3 Å². The molecule has 0 fully saturated rings. The maximum Gasteiger partial charge on any atom is 0.251 e. The number of nitrogens with zero attached hydrogens (tertiary/aromatic N) is 1. The zero-order valence-electron chi connectivity index (χ0n) is 16.0. The lowest BCUT2D eigenvalue weighted by atomic mass is 10.00. The topological polar surface area (TPSA) is 58.6 Å². The third kappa shape index (κ3) is 4.50. The number of ether oxygens (including phenoxy) is 1. The van der Waals surface area contributed by atoms with Crippen LogP contribution in [0.3, 0.4) is 0 Å². The molecule has 1 aromatic carbocycles. The van der Waals surface area contributed by atoms with Crippen LogP contribution in [-0.4, -0.2) is 35.9 Å². The largest absolute Gasteiger partial charge is 0.494 e. The summed E-state index contributed by atoms with van der Waals surface area (Å²) in [4.78, 5) is 28.9. The van der Waals surface area contributed by atoms with Crippen LogP contribution in [0, 0.1) is 5.92 Å². The Morgan fingerprint density at radius 3 is 2.63 bits per heavy atom. The second-order valence-electron chi connectivity index (χ2n) is 7.03. The van der Waals surface area contributed by atoms with Crippen LogP contribution in [0.1, 0.15) is 41.6 Å². The van der Waals surface area contributed by atoms with E-state index in [1.54, 1.807) is 35.6 Å². The summed E-state index contributed by atoms with van der Waals surface area (Å²) in [6.07, 6.45) is 0.885. The van der Waals surface area contributed by atoms with E-state index in [0.717, 1.165) is 12.2 Å². The van der Waals surface area contributed by atoms with Crippen LogP contribution in [0.25, 0.3) is 0 Å². The number of nitrogens with one attached hydrogen (secondary N) is 1. The minimum absolute atomic E-state index is 0.00743. The number of benzene rings is 1. The van der Waals surface area contributed by atoms with Gasteiger partial charge in [0.05, 0.1) is 6.61 Å². The van der Waals surface area contributed by atoms with E-state index in [1.165, 1.54) is 10.4 Å². The SMILES string of the molecule is CCOc1ccc(C(=O)NC(C(=O)N2CCc3sccc3C2)C(C)C)cc1. The van der Waals surface area contributed by atoms with E-state index in [2.05, 4.69) is 16.8 Å². The van der Waals surface area contributed by atoms with Crippen molar-refractivity contribution in [2.75, 3.05) is 13.2 Å². The lowest BCUT2D eigenvalue weighted by Crippen LogP contribution is -2.52. The van der Waals surface area contributed by atoms with Gasteiger partial charge in [0.25, 0.3) is 5.91 Å². The molecule has 0 spiro atoms. The molecular formula is C21H26N2O3S. The van der Waals surface area contributed by atoms with Gasteiger partial charge in [0, 0.05) is 23.5 Å². The minimum Gasteiger partial charge on any atom is -0.494 e. The molecule has 1 N–H and O–H groups in total. The molecular weight excluding hydrogens is 360 g/mol. The summed E-state index contributed by atoms with van der Waals surface area (Å²) in [7, 11) is 0. The highest BCUT2D eigenvalue weighted by atomic mass is 32.1. The molecule has 3 rings (SSSR count). The molecule has 1 unspecified atom stereocenters. The van der Waals surface area contributed by atoms with Gasteiger partial charge in [0.15, 0.2) is 0 Å². The van der Waals surface area contributed by atoms with Crippen molar-refractivity contribution in [3.63, 3.8) is 0 Å². The van der Waals surface area contributed by atoms with Crippen LogP contribution in [0.5, 0.6) is 5.75 Å². The molecule has 2 heterocycles. The Hall–Kier alpha value is -2.34. The van der Waals surface area contributed by atoms with Crippen LogP contribution in [0.4, 0.5) is 0 Å². The van der Waals surface area contributed by atoms with E-state index >= 15 is 0 Å². The molecule has 1 atom stereocenters. The summed E-state index contributed by atoms with van der Waals surface area (Å²) < 4.78 is 5.41. The van der Waals surface area contributed by atoms with Crippen LogP contribution in [-0.2, 0) is 17.8 Å². The first-order valence-electron chi connectivity index (χ1n) is 9.37. The number of hydrogen-bond acceptors (Lipinski definition) is 4. The highest BCUT2D eigenvalue weighted by Gasteiger charge is 2.31. The monoisotopic (exact) mass is 386 g/mol. The number of hydrogen-bond donors (Lipinski definition) is 1. The summed E-state index contributed by atoms with van der Waals surface area (Å²) in [6.45, 7) is 7.74. The van der Waals surface area contributed by atoms with Crippen molar-refractivity contribution in [2.45, 2.75) is 39.8 Å². The van der Waals surface area contributed by atoms with Crippen LogP contribution in [0.15, 0.2) is 35.7 Å². The van der Waals surface area contributed by atoms with E-state index in [0.29, 0.717) is 25.3 Å². The Balaban J connectivity index is 1.68. The molecule has 1 aliphatic heterocycles. The Bertz CT molecular complexity index is 798. The van der Waals surface area contributed by atoms with Gasteiger partial charge in [0.2, 0.25) is 5.91 Å². The predicted octanol–water partition coefficient (Wildman–Crippen LogP) is 3.49. The third-order valence-electron chi connectivity index (χ3n) is 4.77. The molecule has 0 radical (unpaired) electrons. The number of carbonyl (C=O) groups is 2. The van der Waals surface area contributed by atoms with Gasteiger partial charge in [-0.1, -0.05) is 13.8 Å². The second-order valence-corrected chi connectivity index (χ2v) is 8.03. The van der Waals surface area contributed by atoms with Gasteiger partial charge in [-0.15, -0.1) is 11.3 Å². The molecule has 6 heteroatoms. The van der Waals surface area contributed by atoms with Crippen molar-refractivity contribution in [1.29, 1.82) is 0 Å². The molecule has 2 aromatic rings. The Morgan fingerprint density at radius 1 is 1.22 bits per heavy atom. The average Bonchev–Trinajstić information content (AvgIpc) is 3.13. The van der Waals surface area contributed by atoms with Crippen LogP contribution < -0.4 is 10.1 Å². The fraction of sp³-hybridized carbons (Fsp3) is 0.429.